The summed E-state index contributed by atoms with van der Waals surface area (Å²) in [4.78, 5) is 2.46. The number of hydrogen-bond donors (Lipinski definition) is 1. The number of nitrogens with two attached hydrogens (primary N) is 1. The lowest BCUT2D eigenvalue weighted by molar-refractivity contribution is 0.0821. The summed E-state index contributed by atoms with van der Waals surface area (Å²) in [5.41, 5.74) is 7.00. The van der Waals surface area contributed by atoms with Crippen LogP contribution in [-0.2, 0) is 4.74 Å². The number of piperidine rings is 1. The molecule has 0 spiro atoms. The van der Waals surface area contributed by atoms with E-state index in [1.54, 1.807) is 0 Å². The normalized spacial score (nSPS) is 27.9. The van der Waals surface area contributed by atoms with Crippen molar-refractivity contribution in [3.05, 3.63) is 12.2 Å². The first-order chi connectivity index (χ1) is 7.09. The van der Waals surface area contributed by atoms with Crippen LogP contribution in [0, 0.1) is 0 Å². The molecule has 2 N–H and O–H groups in total. The van der Waals surface area contributed by atoms with Crippen molar-refractivity contribution < 1.29 is 4.74 Å². The minimum absolute atomic E-state index is 0.396. The summed E-state index contributed by atoms with van der Waals surface area (Å²) in [6.07, 6.45) is 2.23. The fraction of sp³-hybridized carbons (Fsp3) is 0.833. The van der Waals surface area contributed by atoms with Gasteiger partial charge in [-0.05, 0) is 33.2 Å². The predicted octanol–water partition coefficient (Wildman–Crippen LogP) is 1.39. The maximum Gasteiger partial charge on any atom is 0.0672 e. The van der Waals surface area contributed by atoms with Gasteiger partial charge in [0.25, 0.3) is 0 Å². The smallest absolute Gasteiger partial charge is 0.0672 e. The molecule has 1 fully saturated rings. The van der Waals surface area contributed by atoms with Gasteiger partial charge in [0.05, 0.1) is 13.2 Å². The molecule has 15 heavy (non-hydrogen) atoms. The highest BCUT2D eigenvalue weighted by molar-refractivity contribution is 4.87. The Morgan fingerprint density at radius 3 is 2.93 bits per heavy atom. The van der Waals surface area contributed by atoms with Gasteiger partial charge in [-0.1, -0.05) is 12.2 Å². The number of nitrogens with zero attached hydrogens (tertiary/aromatic N) is 1. The van der Waals surface area contributed by atoms with Gasteiger partial charge in [-0.3, -0.25) is 4.90 Å². The molecule has 0 amide bonds. The summed E-state index contributed by atoms with van der Waals surface area (Å²) in [6.45, 7) is 11.7. The van der Waals surface area contributed by atoms with Crippen LogP contribution in [0.15, 0.2) is 12.2 Å². The van der Waals surface area contributed by atoms with Crippen LogP contribution in [0.5, 0.6) is 0 Å². The predicted molar refractivity (Wildman–Crippen MR) is 63.9 cm³/mol. The van der Waals surface area contributed by atoms with Crippen LogP contribution >= 0.6 is 0 Å². The zero-order valence-corrected chi connectivity index (χ0v) is 10.0. The van der Waals surface area contributed by atoms with Gasteiger partial charge in [-0.15, -0.1) is 0 Å². The van der Waals surface area contributed by atoms with Crippen molar-refractivity contribution in [3.63, 3.8) is 0 Å². The maximum atomic E-state index is 5.91. The Kier molecular flexibility index (Phi) is 5.29. The lowest BCUT2D eigenvalue weighted by atomic mass is 9.99. The molecule has 2 atom stereocenters. The topological polar surface area (TPSA) is 38.5 Å². The molecule has 0 aromatic rings. The van der Waals surface area contributed by atoms with E-state index in [9.17, 15) is 0 Å². The Morgan fingerprint density at radius 2 is 2.33 bits per heavy atom. The average Bonchev–Trinajstić information content (AvgIpc) is 2.14. The minimum atomic E-state index is 0.396. The van der Waals surface area contributed by atoms with Gasteiger partial charge in [0, 0.05) is 18.6 Å². The van der Waals surface area contributed by atoms with Gasteiger partial charge in [-0.25, -0.2) is 0 Å². The summed E-state index contributed by atoms with van der Waals surface area (Å²) in [6, 6.07) is 0.995. The largest absolute Gasteiger partial charge is 0.376 e. The number of likely N-dealkylation sites (tertiary alicyclic amines) is 1. The van der Waals surface area contributed by atoms with E-state index in [1.165, 1.54) is 0 Å². The van der Waals surface area contributed by atoms with Crippen molar-refractivity contribution >= 4 is 0 Å². The van der Waals surface area contributed by atoms with Gasteiger partial charge in [0.1, 0.15) is 0 Å². The van der Waals surface area contributed by atoms with Crippen molar-refractivity contribution in [2.45, 2.75) is 38.8 Å². The molecular formula is C12H24N2O. The third kappa shape index (κ3) is 4.78. The standard InChI is InChI=1S/C12H24N2O/c1-10(2)9-15-7-6-14-5-4-12(13)8-11(14)3/h11-12H,1,4-9,13H2,2-3H3. The molecular weight excluding hydrogens is 188 g/mol. The molecule has 1 rings (SSSR count). The zero-order chi connectivity index (χ0) is 11.3. The number of ether oxygens (including phenoxy) is 1. The lowest BCUT2D eigenvalue weighted by Gasteiger charge is -2.36. The van der Waals surface area contributed by atoms with Crippen LogP contribution in [0.25, 0.3) is 0 Å². The second-order valence-corrected chi connectivity index (χ2v) is 4.68. The lowest BCUT2D eigenvalue weighted by Crippen LogP contribution is -2.46. The van der Waals surface area contributed by atoms with Crippen LogP contribution in [0.2, 0.25) is 0 Å². The molecule has 0 aliphatic carbocycles. The Labute approximate surface area is 93.3 Å². The fourth-order valence-corrected chi connectivity index (χ4v) is 2.02. The first kappa shape index (κ1) is 12.7. The van der Waals surface area contributed by atoms with E-state index in [2.05, 4.69) is 18.4 Å². The van der Waals surface area contributed by atoms with E-state index >= 15 is 0 Å². The third-order valence-electron chi connectivity index (χ3n) is 2.93. The minimum Gasteiger partial charge on any atom is -0.376 e. The number of rotatable bonds is 5. The summed E-state index contributed by atoms with van der Waals surface area (Å²) >= 11 is 0. The van der Waals surface area contributed by atoms with Gasteiger partial charge < -0.3 is 10.5 Å². The molecule has 3 nitrogen and oxygen atoms in total. The second-order valence-electron chi connectivity index (χ2n) is 4.68. The zero-order valence-electron chi connectivity index (χ0n) is 10.0. The van der Waals surface area contributed by atoms with Crippen LogP contribution in [0.1, 0.15) is 26.7 Å². The molecule has 3 heteroatoms. The molecule has 1 aliphatic heterocycles. The van der Waals surface area contributed by atoms with Crippen LogP contribution in [0.4, 0.5) is 0 Å². The molecule has 0 saturated carbocycles. The molecule has 0 bridgehead atoms. The van der Waals surface area contributed by atoms with Crippen molar-refractivity contribution in [2.75, 3.05) is 26.3 Å². The maximum absolute atomic E-state index is 5.91. The molecule has 88 valence electrons. The van der Waals surface area contributed by atoms with Gasteiger partial charge >= 0.3 is 0 Å². The Bertz CT molecular complexity index is 206. The molecule has 0 aromatic carbocycles. The van der Waals surface area contributed by atoms with E-state index in [4.69, 9.17) is 10.5 Å². The van der Waals surface area contributed by atoms with Gasteiger partial charge in [-0.2, -0.15) is 0 Å². The Morgan fingerprint density at radius 1 is 1.60 bits per heavy atom. The SMILES string of the molecule is C=C(C)COCCN1CCC(N)CC1C. The van der Waals surface area contributed by atoms with Crippen molar-refractivity contribution in [1.82, 2.24) is 4.90 Å². The van der Waals surface area contributed by atoms with E-state index in [1.807, 2.05) is 6.92 Å². The number of hydrogen-bond acceptors (Lipinski definition) is 3. The van der Waals surface area contributed by atoms with Crippen molar-refractivity contribution in [3.8, 4) is 0 Å². The molecule has 0 aromatic heterocycles. The highest BCUT2D eigenvalue weighted by atomic mass is 16.5. The van der Waals surface area contributed by atoms with Crippen LogP contribution in [-0.4, -0.2) is 43.3 Å². The van der Waals surface area contributed by atoms with E-state index in [-0.39, 0.29) is 0 Å². The van der Waals surface area contributed by atoms with Crippen LogP contribution in [0.3, 0.4) is 0 Å². The first-order valence-electron chi connectivity index (χ1n) is 5.81. The Balaban J connectivity index is 2.13. The first-order valence-corrected chi connectivity index (χ1v) is 5.81. The summed E-state index contributed by atoms with van der Waals surface area (Å²) < 4.78 is 5.50. The van der Waals surface area contributed by atoms with Gasteiger partial charge in [0.15, 0.2) is 0 Å². The fourth-order valence-electron chi connectivity index (χ4n) is 2.02. The molecule has 2 unspecified atom stereocenters. The highest BCUT2D eigenvalue weighted by Crippen LogP contribution is 2.15. The monoisotopic (exact) mass is 212 g/mol. The summed E-state index contributed by atoms with van der Waals surface area (Å²) in [7, 11) is 0. The second kappa shape index (κ2) is 6.26. The van der Waals surface area contributed by atoms with E-state index < -0.39 is 0 Å². The molecule has 0 radical (unpaired) electrons. The average molecular weight is 212 g/mol. The quantitative estimate of drug-likeness (QED) is 0.553. The Hall–Kier alpha value is -0.380. The summed E-state index contributed by atoms with van der Waals surface area (Å²) in [5.74, 6) is 0. The molecule has 1 aliphatic rings. The van der Waals surface area contributed by atoms with Crippen molar-refractivity contribution in [1.29, 1.82) is 0 Å². The third-order valence-corrected chi connectivity index (χ3v) is 2.93. The molecule has 1 heterocycles. The van der Waals surface area contributed by atoms with Gasteiger partial charge in [0.2, 0.25) is 0 Å². The van der Waals surface area contributed by atoms with E-state index in [0.717, 1.165) is 38.1 Å². The molecule has 1 saturated heterocycles. The van der Waals surface area contributed by atoms with Crippen LogP contribution < -0.4 is 5.73 Å². The van der Waals surface area contributed by atoms with Crippen molar-refractivity contribution in [2.24, 2.45) is 5.73 Å². The highest BCUT2D eigenvalue weighted by Gasteiger charge is 2.22. The van der Waals surface area contributed by atoms with E-state index in [0.29, 0.717) is 18.7 Å². The summed E-state index contributed by atoms with van der Waals surface area (Å²) in [5, 5.41) is 0.